The van der Waals surface area contributed by atoms with E-state index < -0.39 is 0 Å². The molecule has 0 aliphatic heterocycles. The van der Waals surface area contributed by atoms with Gasteiger partial charge in [-0.3, -0.25) is 4.79 Å². The lowest BCUT2D eigenvalue weighted by Gasteiger charge is -2.36. The second kappa shape index (κ2) is 5.96. The third kappa shape index (κ3) is 4.34. The van der Waals surface area contributed by atoms with Crippen LogP contribution in [0.5, 0.6) is 0 Å². The monoisotopic (exact) mass is 274 g/mol. The molecule has 0 aromatic heterocycles. The van der Waals surface area contributed by atoms with Gasteiger partial charge in [0.2, 0.25) is 5.91 Å². The van der Waals surface area contributed by atoms with E-state index in [0.717, 1.165) is 12.8 Å². The molecule has 20 heavy (non-hydrogen) atoms. The predicted octanol–water partition coefficient (Wildman–Crippen LogP) is 2.75. The molecule has 0 bridgehead atoms. The van der Waals surface area contributed by atoms with Crippen molar-refractivity contribution in [3.05, 3.63) is 35.4 Å². The third-order valence-electron chi connectivity index (χ3n) is 3.72. The molecule has 0 heterocycles. The van der Waals surface area contributed by atoms with Crippen molar-refractivity contribution < 1.29 is 4.79 Å². The van der Waals surface area contributed by atoms with E-state index >= 15 is 0 Å². The minimum absolute atomic E-state index is 0.0801. The highest BCUT2D eigenvalue weighted by molar-refractivity contribution is 5.78. The Labute approximate surface area is 122 Å². The van der Waals surface area contributed by atoms with Crippen molar-refractivity contribution in [3.63, 3.8) is 0 Å². The Morgan fingerprint density at radius 2 is 2.00 bits per heavy atom. The lowest BCUT2D eigenvalue weighted by Crippen LogP contribution is -2.49. The number of aryl methyl sites for hydroxylation is 1. The first-order chi connectivity index (χ1) is 9.33. The van der Waals surface area contributed by atoms with Crippen LogP contribution in [0.3, 0.4) is 0 Å². The normalized spacial score (nSPS) is 22.2. The quantitative estimate of drug-likeness (QED) is 0.886. The zero-order chi connectivity index (χ0) is 14.8. The summed E-state index contributed by atoms with van der Waals surface area (Å²) in [6.07, 6.45) is 2.26. The minimum atomic E-state index is -0.150. The zero-order valence-corrected chi connectivity index (χ0v) is 13.0. The summed E-state index contributed by atoms with van der Waals surface area (Å²) in [5.74, 6) is 0.731. The number of nitrogens with one attached hydrogen (secondary N) is 2. The maximum Gasteiger partial charge on any atom is 0.234 e. The SMILES string of the molecule is Cc1cccc(C2CC(NCC(=O)NC(C)(C)C)C2)c1. The van der Waals surface area contributed by atoms with Crippen LogP contribution in [0.25, 0.3) is 0 Å². The smallest absolute Gasteiger partial charge is 0.234 e. The van der Waals surface area contributed by atoms with E-state index in [4.69, 9.17) is 0 Å². The Morgan fingerprint density at radius 3 is 2.60 bits per heavy atom. The lowest BCUT2D eigenvalue weighted by molar-refractivity contribution is -0.121. The molecule has 1 fully saturated rings. The van der Waals surface area contributed by atoms with Gasteiger partial charge in [-0.05, 0) is 52.0 Å². The number of rotatable bonds is 4. The number of carbonyl (C=O) groups excluding carboxylic acids is 1. The van der Waals surface area contributed by atoms with E-state index in [1.807, 2.05) is 20.8 Å². The van der Waals surface area contributed by atoms with Gasteiger partial charge < -0.3 is 10.6 Å². The van der Waals surface area contributed by atoms with Gasteiger partial charge in [-0.2, -0.15) is 0 Å². The largest absolute Gasteiger partial charge is 0.350 e. The number of hydrogen-bond acceptors (Lipinski definition) is 2. The van der Waals surface area contributed by atoms with Crippen LogP contribution in [-0.4, -0.2) is 24.0 Å². The highest BCUT2D eigenvalue weighted by Gasteiger charge is 2.30. The lowest BCUT2D eigenvalue weighted by atomic mass is 9.75. The van der Waals surface area contributed by atoms with Crippen molar-refractivity contribution in [1.29, 1.82) is 0 Å². The standard InChI is InChI=1S/C17H26N2O/c1-12-6-5-7-13(8-12)14-9-15(10-14)18-11-16(20)19-17(2,3)4/h5-8,14-15,18H,9-11H2,1-4H3,(H,19,20). The molecule has 1 aromatic rings. The van der Waals surface area contributed by atoms with Crippen LogP contribution in [0, 0.1) is 6.92 Å². The molecule has 2 N–H and O–H groups in total. The van der Waals surface area contributed by atoms with Crippen molar-refractivity contribution in [2.24, 2.45) is 0 Å². The van der Waals surface area contributed by atoms with Crippen LogP contribution in [-0.2, 0) is 4.79 Å². The third-order valence-corrected chi connectivity index (χ3v) is 3.72. The summed E-state index contributed by atoms with van der Waals surface area (Å²) in [7, 11) is 0. The number of carbonyl (C=O) groups is 1. The molecule has 1 aliphatic carbocycles. The van der Waals surface area contributed by atoms with Gasteiger partial charge in [0.25, 0.3) is 0 Å². The van der Waals surface area contributed by atoms with Crippen molar-refractivity contribution >= 4 is 5.91 Å². The van der Waals surface area contributed by atoms with Gasteiger partial charge in [0.1, 0.15) is 0 Å². The molecule has 0 unspecified atom stereocenters. The van der Waals surface area contributed by atoms with Gasteiger partial charge >= 0.3 is 0 Å². The molecule has 0 spiro atoms. The highest BCUT2D eigenvalue weighted by atomic mass is 16.2. The van der Waals surface area contributed by atoms with Crippen LogP contribution in [0.2, 0.25) is 0 Å². The maximum absolute atomic E-state index is 11.7. The second-order valence-corrected chi connectivity index (χ2v) is 6.96. The van der Waals surface area contributed by atoms with Crippen LogP contribution < -0.4 is 10.6 Å². The Hall–Kier alpha value is -1.35. The van der Waals surface area contributed by atoms with Gasteiger partial charge in [-0.1, -0.05) is 29.8 Å². The highest BCUT2D eigenvalue weighted by Crippen LogP contribution is 2.36. The van der Waals surface area contributed by atoms with Crippen LogP contribution in [0.15, 0.2) is 24.3 Å². The van der Waals surface area contributed by atoms with E-state index in [1.165, 1.54) is 11.1 Å². The first-order valence-electron chi connectivity index (χ1n) is 7.44. The average molecular weight is 274 g/mol. The van der Waals surface area contributed by atoms with Crippen molar-refractivity contribution in [2.75, 3.05) is 6.54 Å². The number of benzene rings is 1. The predicted molar refractivity (Wildman–Crippen MR) is 82.8 cm³/mol. The topological polar surface area (TPSA) is 41.1 Å². The van der Waals surface area contributed by atoms with Crippen LogP contribution in [0.1, 0.15) is 50.7 Å². The summed E-state index contributed by atoms with van der Waals surface area (Å²) in [4.78, 5) is 11.7. The summed E-state index contributed by atoms with van der Waals surface area (Å²) in [6.45, 7) is 8.56. The average Bonchev–Trinajstić information content (AvgIpc) is 2.24. The molecule has 0 saturated heterocycles. The molecule has 3 nitrogen and oxygen atoms in total. The molecule has 1 aromatic carbocycles. The molecule has 0 atom stereocenters. The first-order valence-corrected chi connectivity index (χ1v) is 7.44. The van der Waals surface area contributed by atoms with Gasteiger partial charge in [-0.25, -0.2) is 0 Å². The fraction of sp³-hybridized carbons (Fsp3) is 0.588. The second-order valence-electron chi connectivity index (χ2n) is 6.96. The number of amides is 1. The molecule has 1 aliphatic rings. The molecule has 1 amide bonds. The summed E-state index contributed by atoms with van der Waals surface area (Å²) < 4.78 is 0. The van der Waals surface area contributed by atoms with E-state index in [2.05, 4.69) is 41.8 Å². The number of hydrogen-bond donors (Lipinski definition) is 2. The van der Waals surface area contributed by atoms with Crippen LogP contribution >= 0.6 is 0 Å². The molecule has 0 radical (unpaired) electrons. The fourth-order valence-electron chi connectivity index (χ4n) is 2.68. The van der Waals surface area contributed by atoms with Crippen molar-refractivity contribution in [1.82, 2.24) is 10.6 Å². The summed E-state index contributed by atoms with van der Waals surface area (Å²) in [5, 5.41) is 6.32. The van der Waals surface area contributed by atoms with E-state index in [-0.39, 0.29) is 11.4 Å². The summed E-state index contributed by atoms with van der Waals surface area (Å²) in [5.41, 5.74) is 2.60. The Bertz CT molecular complexity index is 470. The van der Waals surface area contributed by atoms with Crippen molar-refractivity contribution in [2.45, 2.75) is 58.0 Å². The molecule has 110 valence electrons. The Kier molecular flexibility index (Phi) is 4.48. The Balaban J connectivity index is 1.71. The summed E-state index contributed by atoms with van der Waals surface area (Å²) >= 11 is 0. The van der Waals surface area contributed by atoms with Crippen LogP contribution in [0.4, 0.5) is 0 Å². The molecule has 3 heteroatoms. The molecule has 1 saturated carbocycles. The van der Waals surface area contributed by atoms with Gasteiger partial charge in [0.15, 0.2) is 0 Å². The summed E-state index contributed by atoms with van der Waals surface area (Å²) in [6, 6.07) is 9.22. The maximum atomic E-state index is 11.7. The van der Waals surface area contributed by atoms with E-state index in [1.54, 1.807) is 0 Å². The van der Waals surface area contributed by atoms with E-state index in [9.17, 15) is 4.79 Å². The zero-order valence-electron chi connectivity index (χ0n) is 13.0. The minimum Gasteiger partial charge on any atom is -0.350 e. The van der Waals surface area contributed by atoms with E-state index in [0.29, 0.717) is 18.5 Å². The fourth-order valence-corrected chi connectivity index (χ4v) is 2.68. The first kappa shape index (κ1) is 15.0. The molecule has 2 rings (SSSR count). The van der Waals surface area contributed by atoms with Gasteiger partial charge in [0.05, 0.1) is 6.54 Å². The van der Waals surface area contributed by atoms with Gasteiger partial charge in [-0.15, -0.1) is 0 Å². The van der Waals surface area contributed by atoms with Gasteiger partial charge in [0, 0.05) is 11.6 Å². The molecular formula is C17H26N2O. The van der Waals surface area contributed by atoms with Crippen molar-refractivity contribution in [3.8, 4) is 0 Å². The Morgan fingerprint density at radius 1 is 1.30 bits per heavy atom. The molecular weight excluding hydrogens is 248 g/mol.